The molecule has 0 saturated heterocycles. The third-order valence-corrected chi connectivity index (χ3v) is 3.80. The molecule has 0 aliphatic heterocycles. The van der Waals surface area contributed by atoms with Crippen LogP contribution < -0.4 is 5.32 Å². The molecule has 0 aliphatic rings. The summed E-state index contributed by atoms with van der Waals surface area (Å²) >= 11 is 0. The zero-order valence-corrected chi connectivity index (χ0v) is 13.7. The molecule has 0 aliphatic carbocycles. The average molecular weight is 326 g/mol. The first kappa shape index (κ1) is 17.5. The number of carbonyl (C=O) groups excluding carboxylic acids is 1. The van der Waals surface area contributed by atoms with Gasteiger partial charge in [0.1, 0.15) is 6.04 Å². The number of benzene rings is 2. The van der Waals surface area contributed by atoms with Crippen LogP contribution in [-0.4, -0.2) is 35.1 Å². The largest absolute Gasteiger partial charge is 0.465 e. The van der Waals surface area contributed by atoms with Gasteiger partial charge in [0.05, 0.1) is 0 Å². The smallest absolute Gasteiger partial charge is 0.405 e. The molecule has 0 unspecified atom stereocenters. The van der Waals surface area contributed by atoms with Gasteiger partial charge < -0.3 is 15.3 Å². The summed E-state index contributed by atoms with van der Waals surface area (Å²) < 4.78 is 0. The van der Waals surface area contributed by atoms with Crippen LogP contribution in [0.2, 0.25) is 0 Å². The highest BCUT2D eigenvalue weighted by atomic mass is 16.4. The molecule has 0 fully saturated rings. The van der Waals surface area contributed by atoms with E-state index in [4.69, 9.17) is 5.11 Å². The number of nitrogens with zero attached hydrogens (tertiary/aromatic N) is 1. The monoisotopic (exact) mass is 326 g/mol. The van der Waals surface area contributed by atoms with Gasteiger partial charge in [-0.3, -0.25) is 4.79 Å². The molecule has 0 aromatic heterocycles. The van der Waals surface area contributed by atoms with Crippen LogP contribution in [-0.2, 0) is 17.8 Å². The molecule has 0 saturated carbocycles. The molecular formula is C19H22N2O3. The van der Waals surface area contributed by atoms with Gasteiger partial charge in [-0.1, -0.05) is 60.7 Å². The molecule has 1 atom stereocenters. The lowest BCUT2D eigenvalue weighted by atomic mass is 10.0. The Morgan fingerprint density at radius 1 is 1.00 bits per heavy atom. The SMILES string of the molecule is CN(Cc1ccccc1)C(=O)[C@@H](CCc1ccccc1)NC(=O)O. The van der Waals surface area contributed by atoms with Crippen LogP contribution in [0.15, 0.2) is 60.7 Å². The van der Waals surface area contributed by atoms with Crippen molar-refractivity contribution < 1.29 is 14.7 Å². The standard InChI is InChI=1S/C19H22N2O3/c1-21(14-16-10-6-3-7-11-16)18(22)17(20-19(23)24)13-12-15-8-4-2-5-9-15/h2-11,17,20H,12-14H2,1H3,(H,23,24)/t17-/m1/s1. The number of nitrogens with one attached hydrogen (secondary N) is 1. The van der Waals surface area contributed by atoms with Crippen LogP contribution in [0.5, 0.6) is 0 Å². The van der Waals surface area contributed by atoms with Crippen molar-refractivity contribution in [1.82, 2.24) is 10.2 Å². The Balaban J connectivity index is 1.99. The third-order valence-electron chi connectivity index (χ3n) is 3.80. The highest BCUT2D eigenvalue weighted by Gasteiger charge is 2.23. The predicted molar refractivity (Wildman–Crippen MR) is 92.6 cm³/mol. The van der Waals surface area contributed by atoms with Gasteiger partial charge in [0, 0.05) is 13.6 Å². The van der Waals surface area contributed by atoms with E-state index in [9.17, 15) is 9.59 Å². The van der Waals surface area contributed by atoms with E-state index in [0.29, 0.717) is 19.4 Å². The number of carbonyl (C=O) groups is 2. The van der Waals surface area contributed by atoms with E-state index in [1.54, 1.807) is 11.9 Å². The van der Waals surface area contributed by atoms with Crippen LogP contribution >= 0.6 is 0 Å². The molecule has 0 radical (unpaired) electrons. The second kappa shape index (κ2) is 8.72. The molecule has 2 aromatic rings. The van der Waals surface area contributed by atoms with E-state index < -0.39 is 12.1 Å². The molecule has 2 rings (SSSR count). The molecule has 24 heavy (non-hydrogen) atoms. The van der Waals surface area contributed by atoms with Gasteiger partial charge in [-0.25, -0.2) is 4.79 Å². The van der Waals surface area contributed by atoms with E-state index in [0.717, 1.165) is 11.1 Å². The Kier molecular flexibility index (Phi) is 6.37. The van der Waals surface area contributed by atoms with Crippen molar-refractivity contribution in [2.24, 2.45) is 0 Å². The van der Waals surface area contributed by atoms with E-state index >= 15 is 0 Å². The Hall–Kier alpha value is -2.82. The summed E-state index contributed by atoms with van der Waals surface area (Å²) in [6.07, 6.45) is -0.125. The van der Waals surface area contributed by atoms with Crippen molar-refractivity contribution >= 4 is 12.0 Å². The predicted octanol–water partition coefficient (Wildman–Crippen LogP) is 2.91. The van der Waals surface area contributed by atoms with Crippen LogP contribution in [0, 0.1) is 0 Å². The summed E-state index contributed by atoms with van der Waals surface area (Å²) in [4.78, 5) is 25.2. The highest BCUT2D eigenvalue weighted by molar-refractivity contribution is 5.85. The molecule has 5 heteroatoms. The van der Waals surface area contributed by atoms with Crippen LogP contribution in [0.25, 0.3) is 0 Å². The van der Waals surface area contributed by atoms with Gasteiger partial charge in [-0.2, -0.15) is 0 Å². The lowest BCUT2D eigenvalue weighted by molar-refractivity contribution is -0.132. The third kappa shape index (κ3) is 5.43. The Morgan fingerprint density at radius 2 is 1.54 bits per heavy atom. The fourth-order valence-corrected chi connectivity index (χ4v) is 2.56. The molecule has 0 spiro atoms. The van der Waals surface area contributed by atoms with Gasteiger partial charge >= 0.3 is 6.09 Å². The lowest BCUT2D eigenvalue weighted by Crippen LogP contribution is -2.47. The Morgan fingerprint density at radius 3 is 2.08 bits per heavy atom. The van der Waals surface area contributed by atoms with Gasteiger partial charge in [-0.15, -0.1) is 0 Å². The number of rotatable bonds is 7. The normalized spacial score (nSPS) is 11.5. The van der Waals surface area contributed by atoms with E-state index in [-0.39, 0.29) is 5.91 Å². The minimum atomic E-state index is -1.19. The van der Waals surface area contributed by atoms with Gasteiger partial charge in [-0.05, 0) is 24.0 Å². The van der Waals surface area contributed by atoms with E-state index in [1.807, 2.05) is 60.7 Å². The quantitative estimate of drug-likeness (QED) is 0.822. The maximum absolute atomic E-state index is 12.6. The van der Waals surface area contributed by atoms with Crippen LogP contribution in [0.3, 0.4) is 0 Å². The second-order valence-corrected chi connectivity index (χ2v) is 5.71. The maximum Gasteiger partial charge on any atom is 0.405 e. The van der Waals surface area contributed by atoms with Gasteiger partial charge in [0.25, 0.3) is 0 Å². The van der Waals surface area contributed by atoms with Gasteiger partial charge in [0.15, 0.2) is 0 Å². The van der Waals surface area contributed by atoms with Crippen LogP contribution in [0.1, 0.15) is 17.5 Å². The molecule has 2 aromatic carbocycles. The molecule has 0 heterocycles. The number of likely N-dealkylation sites (N-methyl/N-ethyl adjacent to an activating group) is 1. The number of aryl methyl sites for hydroxylation is 1. The van der Waals surface area contributed by atoms with Crippen molar-refractivity contribution in [1.29, 1.82) is 0 Å². The number of carboxylic acid groups (broad SMARTS) is 1. The molecule has 5 nitrogen and oxygen atoms in total. The first-order valence-electron chi connectivity index (χ1n) is 7.88. The average Bonchev–Trinajstić information content (AvgIpc) is 2.59. The summed E-state index contributed by atoms with van der Waals surface area (Å²) in [7, 11) is 1.69. The fraction of sp³-hybridized carbons (Fsp3) is 0.263. The molecule has 2 N–H and O–H groups in total. The zero-order chi connectivity index (χ0) is 17.4. The highest BCUT2D eigenvalue weighted by Crippen LogP contribution is 2.09. The zero-order valence-electron chi connectivity index (χ0n) is 13.7. The number of hydrogen-bond acceptors (Lipinski definition) is 2. The van der Waals surface area contributed by atoms with E-state index in [2.05, 4.69) is 5.32 Å². The molecule has 0 bridgehead atoms. The Labute approximate surface area is 141 Å². The molecule has 2 amide bonds. The number of amides is 2. The van der Waals surface area contributed by atoms with Crippen molar-refractivity contribution in [3.63, 3.8) is 0 Å². The Bertz CT molecular complexity index is 659. The van der Waals surface area contributed by atoms with Gasteiger partial charge in [0.2, 0.25) is 5.91 Å². The first-order chi connectivity index (χ1) is 11.6. The van der Waals surface area contributed by atoms with Crippen LogP contribution in [0.4, 0.5) is 4.79 Å². The summed E-state index contributed by atoms with van der Waals surface area (Å²) in [5.41, 5.74) is 2.08. The molecular weight excluding hydrogens is 304 g/mol. The maximum atomic E-state index is 12.6. The minimum absolute atomic E-state index is 0.225. The van der Waals surface area contributed by atoms with Crippen molar-refractivity contribution in [2.45, 2.75) is 25.4 Å². The van der Waals surface area contributed by atoms with E-state index in [1.165, 1.54) is 0 Å². The number of hydrogen-bond donors (Lipinski definition) is 2. The molecule has 126 valence electrons. The fourth-order valence-electron chi connectivity index (χ4n) is 2.56. The summed E-state index contributed by atoms with van der Waals surface area (Å²) in [5, 5.41) is 11.4. The second-order valence-electron chi connectivity index (χ2n) is 5.71. The van der Waals surface area contributed by atoms with Crippen molar-refractivity contribution in [3.05, 3.63) is 71.8 Å². The summed E-state index contributed by atoms with van der Waals surface area (Å²) in [5.74, 6) is -0.225. The van der Waals surface area contributed by atoms with Crippen molar-refractivity contribution in [3.8, 4) is 0 Å². The minimum Gasteiger partial charge on any atom is -0.465 e. The topological polar surface area (TPSA) is 69.6 Å². The summed E-state index contributed by atoms with van der Waals surface area (Å²) in [6, 6.07) is 18.6. The first-order valence-corrected chi connectivity index (χ1v) is 7.88. The van der Waals surface area contributed by atoms with Crippen molar-refractivity contribution in [2.75, 3.05) is 7.05 Å². The summed E-state index contributed by atoms with van der Waals surface area (Å²) in [6.45, 7) is 0.447. The lowest BCUT2D eigenvalue weighted by Gasteiger charge is -2.24.